The standard InChI is InChI=1S/C8H9N5O/c1-4-2-5-7(8(9)13-12-5)6(11-4)3-10-14/h2H,3H2,1H3,(H3,9,12,13). The molecule has 0 bridgehead atoms. The van der Waals surface area contributed by atoms with Crippen molar-refractivity contribution in [2.24, 2.45) is 5.18 Å². The Balaban J connectivity index is 2.76. The molecule has 2 rings (SSSR count). The lowest BCUT2D eigenvalue weighted by Gasteiger charge is -1.99. The van der Waals surface area contributed by atoms with Crippen LogP contribution in [0, 0.1) is 11.8 Å². The van der Waals surface area contributed by atoms with Crippen molar-refractivity contribution in [1.82, 2.24) is 15.2 Å². The Morgan fingerprint density at radius 3 is 3.14 bits per heavy atom. The molecule has 0 aliphatic heterocycles. The van der Waals surface area contributed by atoms with Crippen LogP contribution in [0.5, 0.6) is 0 Å². The van der Waals surface area contributed by atoms with E-state index in [9.17, 15) is 4.91 Å². The maximum atomic E-state index is 10.2. The number of aromatic nitrogens is 3. The topological polar surface area (TPSA) is 97.0 Å². The van der Waals surface area contributed by atoms with Crippen molar-refractivity contribution in [2.45, 2.75) is 13.5 Å². The van der Waals surface area contributed by atoms with Gasteiger partial charge in [-0.1, -0.05) is 5.18 Å². The van der Waals surface area contributed by atoms with Crippen LogP contribution in [0.1, 0.15) is 11.4 Å². The Kier molecular flexibility index (Phi) is 1.88. The Morgan fingerprint density at radius 2 is 2.43 bits per heavy atom. The number of rotatable bonds is 2. The quantitative estimate of drug-likeness (QED) is 0.695. The van der Waals surface area contributed by atoms with Crippen LogP contribution in [0.4, 0.5) is 5.82 Å². The molecule has 0 radical (unpaired) electrons. The number of nitrogens with one attached hydrogen (secondary N) is 1. The van der Waals surface area contributed by atoms with Gasteiger partial charge in [0.2, 0.25) is 0 Å². The van der Waals surface area contributed by atoms with E-state index in [1.807, 2.05) is 13.0 Å². The average molecular weight is 191 g/mol. The van der Waals surface area contributed by atoms with Gasteiger partial charge in [0.1, 0.15) is 6.54 Å². The summed E-state index contributed by atoms with van der Waals surface area (Å²) in [5, 5.41) is 10.1. The van der Waals surface area contributed by atoms with Crippen LogP contribution < -0.4 is 5.73 Å². The minimum absolute atomic E-state index is 0.0158. The number of hydrogen-bond acceptors (Lipinski definition) is 5. The SMILES string of the molecule is Cc1cc2[nH]nc(N)c2c(CN=O)n1. The molecule has 6 nitrogen and oxygen atoms in total. The fraction of sp³-hybridized carbons (Fsp3) is 0.250. The van der Waals surface area contributed by atoms with Crippen LogP contribution in [0.3, 0.4) is 0 Å². The lowest BCUT2D eigenvalue weighted by molar-refractivity contribution is 0.980. The number of hydrogen-bond donors (Lipinski definition) is 2. The summed E-state index contributed by atoms with van der Waals surface area (Å²) < 4.78 is 0. The highest BCUT2D eigenvalue weighted by Gasteiger charge is 2.10. The molecule has 0 spiro atoms. The van der Waals surface area contributed by atoms with Gasteiger partial charge in [0.15, 0.2) is 5.82 Å². The van der Waals surface area contributed by atoms with E-state index in [1.165, 1.54) is 0 Å². The van der Waals surface area contributed by atoms with Crippen molar-refractivity contribution >= 4 is 16.7 Å². The molecular formula is C8H9N5O. The Morgan fingerprint density at radius 1 is 1.64 bits per heavy atom. The minimum Gasteiger partial charge on any atom is -0.382 e. The zero-order valence-electron chi connectivity index (χ0n) is 7.61. The van der Waals surface area contributed by atoms with Crippen molar-refractivity contribution in [3.05, 3.63) is 22.4 Å². The molecule has 0 atom stereocenters. The molecule has 2 aromatic heterocycles. The van der Waals surface area contributed by atoms with Crippen LogP contribution >= 0.6 is 0 Å². The minimum atomic E-state index is 0.0158. The van der Waals surface area contributed by atoms with Gasteiger partial charge in [-0.3, -0.25) is 10.1 Å². The largest absolute Gasteiger partial charge is 0.382 e. The second kappa shape index (κ2) is 3.06. The number of aryl methyl sites for hydroxylation is 1. The van der Waals surface area contributed by atoms with Crippen LogP contribution in [-0.4, -0.2) is 15.2 Å². The molecule has 0 aromatic carbocycles. The van der Waals surface area contributed by atoms with Gasteiger partial charge < -0.3 is 5.73 Å². The summed E-state index contributed by atoms with van der Waals surface area (Å²) >= 11 is 0. The maximum Gasteiger partial charge on any atom is 0.155 e. The molecule has 0 unspecified atom stereocenters. The molecule has 0 fully saturated rings. The summed E-state index contributed by atoms with van der Waals surface area (Å²) in [5.41, 5.74) is 7.79. The van der Waals surface area contributed by atoms with Gasteiger partial charge in [-0.15, -0.1) is 0 Å². The summed E-state index contributed by atoms with van der Waals surface area (Å²) in [6.07, 6.45) is 0. The van der Waals surface area contributed by atoms with Crippen LogP contribution in [0.2, 0.25) is 0 Å². The normalized spacial score (nSPS) is 10.6. The maximum absolute atomic E-state index is 10.2. The van der Waals surface area contributed by atoms with E-state index in [0.717, 1.165) is 11.2 Å². The van der Waals surface area contributed by atoms with Gasteiger partial charge >= 0.3 is 0 Å². The lowest BCUT2D eigenvalue weighted by atomic mass is 10.2. The van der Waals surface area contributed by atoms with Gasteiger partial charge in [0.25, 0.3) is 0 Å². The smallest absolute Gasteiger partial charge is 0.155 e. The number of nitrogens with zero attached hydrogens (tertiary/aromatic N) is 3. The fourth-order valence-corrected chi connectivity index (χ4v) is 1.46. The molecule has 0 aliphatic rings. The predicted molar refractivity (Wildman–Crippen MR) is 52.5 cm³/mol. The monoisotopic (exact) mass is 191 g/mol. The Bertz CT molecular complexity index is 490. The van der Waals surface area contributed by atoms with Crippen LogP contribution in [0.25, 0.3) is 10.9 Å². The first kappa shape index (κ1) is 8.61. The summed E-state index contributed by atoms with van der Waals surface area (Å²) in [7, 11) is 0. The number of fused-ring (bicyclic) bond motifs is 1. The molecular weight excluding hydrogens is 182 g/mol. The van der Waals surface area contributed by atoms with Crippen molar-refractivity contribution < 1.29 is 0 Å². The van der Waals surface area contributed by atoms with Gasteiger partial charge in [-0.25, -0.2) is 0 Å². The zero-order chi connectivity index (χ0) is 10.1. The van der Waals surface area contributed by atoms with E-state index < -0.39 is 0 Å². The van der Waals surface area contributed by atoms with Crippen LogP contribution in [0.15, 0.2) is 11.2 Å². The molecule has 2 heterocycles. The molecule has 2 aromatic rings. The first-order chi connectivity index (χ1) is 6.72. The summed E-state index contributed by atoms with van der Waals surface area (Å²) in [6, 6.07) is 1.83. The van der Waals surface area contributed by atoms with E-state index in [-0.39, 0.29) is 6.54 Å². The van der Waals surface area contributed by atoms with Gasteiger partial charge in [0.05, 0.1) is 16.6 Å². The highest BCUT2D eigenvalue weighted by Crippen LogP contribution is 2.22. The second-order valence-corrected chi connectivity index (χ2v) is 3.03. The number of nitrogen functional groups attached to an aromatic ring is 1. The van der Waals surface area contributed by atoms with Gasteiger partial charge in [-0.05, 0) is 13.0 Å². The third-order valence-corrected chi connectivity index (χ3v) is 1.99. The average Bonchev–Trinajstić information content (AvgIpc) is 2.48. The molecule has 0 saturated heterocycles. The third kappa shape index (κ3) is 1.20. The highest BCUT2D eigenvalue weighted by atomic mass is 16.3. The Hall–Kier alpha value is -1.98. The first-order valence-electron chi connectivity index (χ1n) is 4.11. The molecule has 0 aliphatic carbocycles. The number of aromatic amines is 1. The predicted octanol–water partition coefficient (Wildman–Crippen LogP) is 1.11. The van der Waals surface area contributed by atoms with Crippen LogP contribution in [-0.2, 0) is 6.54 Å². The summed E-state index contributed by atoms with van der Waals surface area (Å²) in [5.74, 6) is 0.353. The van der Waals surface area contributed by atoms with Gasteiger partial charge in [0, 0.05) is 5.69 Å². The van der Waals surface area contributed by atoms with Crippen molar-refractivity contribution in [3.8, 4) is 0 Å². The van der Waals surface area contributed by atoms with Crippen molar-refractivity contribution in [3.63, 3.8) is 0 Å². The number of nitroso groups, excluding NO2 is 1. The van der Waals surface area contributed by atoms with E-state index in [2.05, 4.69) is 20.4 Å². The zero-order valence-corrected chi connectivity index (χ0v) is 7.61. The number of nitrogens with two attached hydrogens (primary N) is 1. The fourth-order valence-electron chi connectivity index (χ4n) is 1.46. The third-order valence-electron chi connectivity index (χ3n) is 1.99. The molecule has 14 heavy (non-hydrogen) atoms. The first-order valence-corrected chi connectivity index (χ1v) is 4.11. The van der Waals surface area contributed by atoms with Crippen molar-refractivity contribution in [1.29, 1.82) is 0 Å². The van der Waals surface area contributed by atoms with Crippen molar-refractivity contribution in [2.75, 3.05) is 5.73 Å². The molecule has 6 heteroatoms. The summed E-state index contributed by atoms with van der Waals surface area (Å²) in [6.45, 7) is 1.85. The van der Waals surface area contributed by atoms with E-state index in [1.54, 1.807) is 0 Å². The number of H-pyrrole nitrogens is 1. The number of pyridine rings is 1. The molecule has 72 valence electrons. The molecule has 0 saturated carbocycles. The summed E-state index contributed by atoms with van der Waals surface area (Å²) in [4.78, 5) is 14.4. The Labute approximate surface area is 79.5 Å². The van der Waals surface area contributed by atoms with Gasteiger partial charge in [-0.2, -0.15) is 10.0 Å². The second-order valence-electron chi connectivity index (χ2n) is 3.03. The van der Waals surface area contributed by atoms with E-state index in [0.29, 0.717) is 16.9 Å². The molecule has 3 N–H and O–H groups in total. The lowest BCUT2D eigenvalue weighted by Crippen LogP contribution is -1.94. The van der Waals surface area contributed by atoms with E-state index >= 15 is 0 Å². The number of anilines is 1. The van der Waals surface area contributed by atoms with E-state index in [4.69, 9.17) is 5.73 Å². The highest BCUT2D eigenvalue weighted by molar-refractivity contribution is 5.90. The molecule has 0 amide bonds.